The van der Waals surface area contributed by atoms with Crippen LogP contribution >= 0.6 is 0 Å². The number of nitrogens with one attached hydrogen (secondary N) is 1. The van der Waals surface area contributed by atoms with Crippen LogP contribution in [-0.4, -0.2) is 79.2 Å². The van der Waals surface area contributed by atoms with Crippen molar-refractivity contribution in [2.45, 2.75) is 32.8 Å². The molecule has 0 aromatic rings. The molecule has 150 valence electrons. The van der Waals surface area contributed by atoms with Crippen molar-refractivity contribution in [1.82, 2.24) is 5.32 Å². The lowest BCUT2D eigenvalue weighted by atomic mass is 10.2. The Labute approximate surface area is 150 Å². The van der Waals surface area contributed by atoms with Gasteiger partial charge in [0.25, 0.3) is 10.1 Å². The quantitative estimate of drug-likeness (QED) is 0.347. The summed E-state index contributed by atoms with van der Waals surface area (Å²) in [7, 11) is -3.38. The minimum Gasteiger partial charge on any atom is -0.444 e. The molecular formula is C15H31NO8S. The minimum atomic E-state index is -3.38. The molecule has 0 spiro atoms. The zero-order valence-corrected chi connectivity index (χ0v) is 16.4. The van der Waals surface area contributed by atoms with Crippen molar-refractivity contribution in [1.29, 1.82) is 0 Å². The van der Waals surface area contributed by atoms with E-state index in [1.807, 2.05) is 0 Å². The van der Waals surface area contributed by atoms with Gasteiger partial charge in [0.15, 0.2) is 0 Å². The highest BCUT2D eigenvalue weighted by Gasteiger charge is 2.15. The fourth-order valence-electron chi connectivity index (χ4n) is 1.45. The number of rotatable bonds is 14. The Hall–Kier alpha value is -0.940. The summed E-state index contributed by atoms with van der Waals surface area (Å²) in [6.07, 6.45) is 1.05. The van der Waals surface area contributed by atoms with Gasteiger partial charge in [-0.2, -0.15) is 8.42 Å². The van der Waals surface area contributed by atoms with Crippen molar-refractivity contribution < 1.29 is 36.3 Å². The largest absolute Gasteiger partial charge is 0.444 e. The van der Waals surface area contributed by atoms with Crippen LogP contribution in [0, 0.1) is 0 Å². The molecular weight excluding hydrogens is 354 g/mol. The van der Waals surface area contributed by atoms with Crippen LogP contribution in [0.3, 0.4) is 0 Å². The highest BCUT2D eigenvalue weighted by molar-refractivity contribution is 7.85. The third-order valence-corrected chi connectivity index (χ3v) is 2.98. The van der Waals surface area contributed by atoms with Crippen molar-refractivity contribution in [3.8, 4) is 0 Å². The number of hydrogen-bond donors (Lipinski definition) is 1. The van der Waals surface area contributed by atoms with E-state index in [9.17, 15) is 13.2 Å². The number of hydrogen-bond acceptors (Lipinski definition) is 8. The van der Waals surface area contributed by atoms with Gasteiger partial charge >= 0.3 is 6.09 Å². The Morgan fingerprint density at radius 1 is 0.880 bits per heavy atom. The zero-order chi connectivity index (χ0) is 19.2. The van der Waals surface area contributed by atoms with Crippen molar-refractivity contribution in [2.75, 3.05) is 59.0 Å². The first kappa shape index (κ1) is 24.1. The Bertz CT molecular complexity index is 447. The molecule has 0 aromatic carbocycles. The van der Waals surface area contributed by atoms with E-state index in [1.54, 1.807) is 20.8 Å². The molecule has 0 aliphatic carbocycles. The predicted molar refractivity (Wildman–Crippen MR) is 92.1 cm³/mol. The van der Waals surface area contributed by atoms with E-state index in [2.05, 4.69) is 9.50 Å². The lowest BCUT2D eigenvalue weighted by Gasteiger charge is -2.19. The van der Waals surface area contributed by atoms with Crippen LogP contribution in [0.5, 0.6) is 0 Å². The van der Waals surface area contributed by atoms with Gasteiger partial charge in [0.2, 0.25) is 0 Å². The average Bonchev–Trinajstić information content (AvgIpc) is 2.44. The molecule has 0 rings (SSSR count). The van der Waals surface area contributed by atoms with Crippen LogP contribution in [-0.2, 0) is 33.2 Å². The number of alkyl carbamates (subject to hydrolysis) is 1. The Balaban J connectivity index is 3.23. The molecule has 0 aliphatic rings. The molecule has 0 aromatic heterocycles. The van der Waals surface area contributed by atoms with Crippen LogP contribution in [0.2, 0.25) is 0 Å². The van der Waals surface area contributed by atoms with E-state index in [1.165, 1.54) is 0 Å². The topological polar surface area (TPSA) is 109 Å². The Morgan fingerprint density at radius 3 is 1.92 bits per heavy atom. The summed E-state index contributed by atoms with van der Waals surface area (Å²) in [5.74, 6) is 0. The maximum Gasteiger partial charge on any atom is 0.407 e. The maximum absolute atomic E-state index is 11.3. The normalized spacial score (nSPS) is 12.2. The fraction of sp³-hybridized carbons (Fsp3) is 0.933. The number of carbonyl (C=O) groups excluding carboxylic acids is 1. The summed E-state index contributed by atoms with van der Waals surface area (Å²) in [5, 5.41) is 2.59. The second kappa shape index (κ2) is 13.3. The van der Waals surface area contributed by atoms with Gasteiger partial charge in [0.1, 0.15) is 5.60 Å². The van der Waals surface area contributed by atoms with Gasteiger partial charge in [-0.05, 0) is 27.2 Å². The van der Waals surface area contributed by atoms with Gasteiger partial charge in [-0.1, -0.05) is 0 Å². The summed E-state index contributed by atoms with van der Waals surface area (Å²) in [5.41, 5.74) is -0.512. The van der Waals surface area contributed by atoms with E-state index in [0.29, 0.717) is 52.6 Å². The van der Waals surface area contributed by atoms with E-state index < -0.39 is 21.8 Å². The smallest absolute Gasteiger partial charge is 0.407 e. The summed E-state index contributed by atoms with van der Waals surface area (Å²) in [6, 6.07) is 0. The predicted octanol–water partition coefficient (Wildman–Crippen LogP) is 0.927. The first-order valence-corrected chi connectivity index (χ1v) is 9.96. The first-order valence-electron chi connectivity index (χ1n) is 8.14. The summed E-state index contributed by atoms with van der Waals surface area (Å²) in [6.45, 7) is 8.34. The van der Waals surface area contributed by atoms with Crippen molar-refractivity contribution >= 4 is 16.2 Å². The van der Waals surface area contributed by atoms with Crippen molar-refractivity contribution in [3.63, 3.8) is 0 Å². The molecule has 9 nitrogen and oxygen atoms in total. The molecule has 10 heteroatoms. The third-order valence-electron chi connectivity index (χ3n) is 2.39. The second-order valence-electron chi connectivity index (χ2n) is 6.15. The van der Waals surface area contributed by atoms with Gasteiger partial charge in [0, 0.05) is 13.2 Å². The van der Waals surface area contributed by atoms with Gasteiger partial charge in [-0.3, -0.25) is 4.18 Å². The molecule has 0 bridgehead atoms. The third kappa shape index (κ3) is 21.0. The minimum absolute atomic E-state index is 0.116. The molecule has 0 heterocycles. The van der Waals surface area contributed by atoms with Crippen molar-refractivity contribution in [2.24, 2.45) is 0 Å². The van der Waals surface area contributed by atoms with E-state index in [-0.39, 0.29) is 6.61 Å². The van der Waals surface area contributed by atoms with Gasteiger partial charge < -0.3 is 24.3 Å². The van der Waals surface area contributed by atoms with Crippen LogP contribution < -0.4 is 5.32 Å². The lowest BCUT2D eigenvalue weighted by Crippen LogP contribution is -2.34. The maximum atomic E-state index is 11.3. The first-order chi connectivity index (χ1) is 11.6. The van der Waals surface area contributed by atoms with Crippen LogP contribution in [0.15, 0.2) is 0 Å². The molecule has 0 fully saturated rings. The molecule has 1 N–H and O–H groups in total. The summed E-state index contributed by atoms with van der Waals surface area (Å²) >= 11 is 0. The molecule has 25 heavy (non-hydrogen) atoms. The molecule has 0 saturated heterocycles. The van der Waals surface area contributed by atoms with Gasteiger partial charge in [-0.25, -0.2) is 4.79 Å². The molecule has 0 atom stereocenters. The van der Waals surface area contributed by atoms with Crippen LogP contribution in [0.25, 0.3) is 0 Å². The van der Waals surface area contributed by atoms with Crippen LogP contribution in [0.1, 0.15) is 27.2 Å². The summed E-state index contributed by atoms with van der Waals surface area (Å²) < 4.78 is 46.9. The van der Waals surface area contributed by atoms with E-state index in [4.69, 9.17) is 18.9 Å². The SMILES string of the molecule is CC(C)(C)OC(=O)NCCOCCOCCOCCCOS(C)(=O)=O. The Morgan fingerprint density at radius 2 is 1.40 bits per heavy atom. The van der Waals surface area contributed by atoms with Crippen molar-refractivity contribution in [3.05, 3.63) is 0 Å². The standard InChI is InChI=1S/C15H31NO8S/c1-15(2,3)24-14(17)16-6-9-21-11-13-22-12-10-20-7-5-8-23-25(4,18)19/h5-13H2,1-4H3,(H,16,17). The number of carbonyl (C=O) groups is 1. The highest BCUT2D eigenvalue weighted by atomic mass is 32.2. The average molecular weight is 385 g/mol. The fourth-order valence-corrected chi connectivity index (χ4v) is 1.87. The highest BCUT2D eigenvalue weighted by Crippen LogP contribution is 2.05. The zero-order valence-electron chi connectivity index (χ0n) is 15.5. The van der Waals surface area contributed by atoms with E-state index >= 15 is 0 Å². The van der Waals surface area contributed by atoms with Crippen LogP contribution in [0.4, 0.5) is 4.79 Å². The molecule has 0 unspecified atom stereocenters. The second-order valence-corrected chi connectivity index (χ2v) is 7.79. The molecule has 0 saturated carbocycles. The monoisotopic (exact) mass is 385 g/mol. The molecule has 0 aliphatic heterocycles. The Kier molecular flexibility index (Phi) is 12.8. The summed E-state index contributed by atoms with van der Waals surface area (Å²) in [4.78, 5) is 11.3. The van der Waals surface area contributed by atoms with Gasteiger partial charge in [-0.15, -0.1) is 0 Å². The van der Waals surface area contributed by atoms with E-state index in [0.717, 1.165) is 6.26 Å². The molecule has 0 radical (unpaired) electrons. The van der Waals surface area contributed by atoms with Gasteiger partial charge in [0.05, 0.1) is 45.9 Å². The molecule has 1 amide bonds. The number of amides is 1. The number of ether oxygens (including phenoxy) is 4. The lowest BCUT2D eigenvalue weighted by molar-refractivity contribution is 0.0123.